The first-order chi connectivity index (χ1) is 12.4. The Morgan fingerprint density at radius 3 is 2.31 bits per heavy atom. The number of allylic oxidation sites excluding steroid dienone is 1. The van der Waals surface area contributed by atoms with Gasteiger partial charge in [0.2, 0.25) is 0 Å². The smallest absolute Gasteiger partial charge is 0.340 e. The Balaban J connectivity index is 2.12. The van der Waals surface area contributed by atoms with Crippen LogP contribution in [0, 0.1) is 5.82 Å². The van der Waals surface area contributed by atoms with Crippen LogP contribution in [-0.4, -0.2) is 19.0 Å². The fourth-order valence-corrected chi connectivity index (χ4v) is 2.93. The number of ether oxygens (including phenoxy) is 1. The van der Waals surface area contributed by atoms with Crippen LogP contribution in [0.2, 0.25) is 5.02 Å². The Morgan fingerprint density at radius 1 is 1.12 bits per heavy atom. The Labute approximate surface area is 155 Å². The molecule has 1 heterocycles. The first kappa shape index (κ1) is 17.9. The second-order valence-corrected chi connectivity index (χ2v) is 6.11. The normalized spacial score (nSPS) is 15.8. The minimum atomic E-state index is -0.610. The molecule has 1 amide bonds. The van der Waals surface area contributed by atoms with Crippen LogP contribution in [0.1, 0.15) is 12.5 Å². The molecule has 0 radical (unpaired) electrons. The molecule has 132 valence electrons. The van der Waals surface area contributed by atoms with Crippen molar-refractivity contribution in [2.75, 3.05) is 12.0 Å². The second-order valence-electron chi connectivity index (χ2n) is 5.68. The number of rotatable bonds is 3. The van der Waals surface area contributed by atoms with Crippen LogP contribution in [0.3, 0.4) is 0 Å². The third-order valence-corrected chi connectivity index (χ3v) is 4.31. The summed E-state index contributed by atoms with van der Waals surface area (Å²) in [7, 11) is 1.26. The van der Waals surface area contributed by atoms with Crippen LogP contribution in [0.4, 0.5) is 10.1 Å². The van der Waals surface area contributed by atoms with E-state index in [1.54, 1.807) is 37.3 Å². The molecule has 1 aliphatic rings. The van der Waals surface area contributed by atoms with Crippen molar-refractivity contribution in [1.82, 2.24) is 0 Å². The second kappa shape index (κ2) is 7.14. The Kier molecular flexibility index (Phi) is 4.91. The summed E-state index contributed by atoms with van der Waals surface area (Å²) in [6.45, 7) is 1.65. The molecular weight excluding hydrogens is 357 g/mol. The van der Waals surface area contributed by atoms with Crippen LogP contribution in [0.25, 0.3) is 6.08 Å². The van der Waals surface area contributed by atoms with Crippen LogP contribution in [0.15, 0.2) is 65.4 Å². The Bertz CT molecular complexity index is 931. The Hall–Kier alpha value is -2.92. The van der Waals surface area contributed by atoms with Crippen molar-refractivity contribution in [2.45, 2.75) is 6.92 Å². The molecule has 0 spiro atoms. The molecule has 3 rings (SSSR count). The van der Waals surface area contributed by atoms with Gasteiger partial charge in [0.25, 0.3) is 5.91 Å². The van der Waals surface area contributed by atoms with E-state index in [9.17, 15) is 14.0 Å². The minimum absolute atomic E-state index is 0.178. The van der Waals surface area contributed by atoms with E-state index >= 15 is 0 Å². The van der Waals surface area contributed by atoms with Gasteiger partial charge in [0.05, 0.1) is 18.3 Å². The summed E-state index contributed by atoms with van der Waals surface area (Å²) >= 11 is 5.89. The van der Waals surface area contributed by atoms with Crippen LogP contribution in [0.5, 0.6) is 0 Å². The zero-order chi connectivity index (χ0) is 18.8. The number of amides is 1. The molecule has 0 aromatic heterocycles. The zero-order valence-corrected chi connectivity index (χ0v) is 14.9. The summed E-state index contributed by atoms with van der Waals surface area (Å²) in [4.78, 5) is 26.6. The van der Waals surface area contributed by atoms with E-state index < -0.39 is 11.8 Å². The molecule has 26 heavy (non-hydrogen) atoms. The Morgan fingerprint density at radius 2 is 1.73 bits per heavy atom. The van der Waals surface area contributed by atoms with E-state index in [1.165, 1.54) is 36.3 Å². The average Bonchev–Trinajstić information content (AvgIpc) is 2.87. The van der Waals surface area contributed by atoms with Crippen molar-refractivity contribution < 1.29 is 18.7 Å². The number of methoxy groups -OCH3 is 1. The molecule has 0 unspecified atom stereocenters. The maximum atomic E-state index is 13.2. The highest BCUT2D eigenvalue weighted by molar-refractivity contribution is 6.30. The van der Waals surface area contributed by atoms with Gasteiger partial charge < -0.3 is 4.74 Å². The van der Waals surface area contributed by atoms with E-state index in [1.807, 2.05) is 0 Å². The lowest BCUT2D eigenvalue weighted by Gasteiger charge is -2.17. The van der Waals surface area contributed by atoms with Gasteiger partial charge in [-0.05, 0) is 55.0 Å². The largest absolute Gasteiger partial charge is 0.465 e. The van der Waals surface area contributed by atoms with Gasteiger partial charge in [0, 0.05) is 16.4 Å². The maximum Gasteiger partial charge on any atom is 0.340 e. The molecule has 0 saturated carbocycles. The van der Waals surface area contributed by atoms with Crippen LogP contribution >= 0.6 is 11.6 Å². The van der Waals surface area contributed by atoms with Gasteiger partial charge in [-0.15, -0.1) is 0 Å². The van der Waals surface area contributed by atoms with Crippen molar-refractivity contribution in [3.63, 3.8) is 0 Å². The first-order valence-corrected chi connectivity index (χ1v) is 8.17. The number of hydrogen-bond acceptors (Lipinski definition) is 3. The summed E-state index contributed by atoms with van der Waals surface area (Å²) in [5.74, 6) is -1.41. The van der Waals surface area contributed by atoms with E-state index in [0.29, 0.717) is 22.0 Å². The molecule has 4 nitrogen and oxygen atoms in total. The van der Waals surface area contributed by atoms with E-state index in [0.717, 1.165) is 0 Å². The van der Waals surface area contributed by atoms with Crippen LogP contribution in [-0.2, 0) is 14.3 Å². The number of nitrogens with zero attached hydrogens (tertiary/aromatic N) is 1. The highest BCUT2D eigenvalue weighted by atomic mass is 35.5. The van der Waals surface area contributed by atoms with Crippen LogP contribution < -0.4 is 4.90 Å². The van der Waals surface area contributed by atoms with Gasteiger partial charge >= 0.3 is 5.97 Å². The highest BCUT2D eigenvalue weighted by Gasteiger charge is 2.37. The van der Waals surface area contributed by atoms with E-state index in [-0.39, 0.29) is 17.1 Å². The summed E-state index contributed by atoms with van der Waals surface area (Å²) < 4.78 is 18.1. The molecule has 1 aliphatic heterocycles. The number of halogens is 2. The third kappa shape index (κ3) is 3.26. The number of benzene rings is 2. The summed E-state index contributed by atoms with van der Waals surface area (Å²) in [6, 6.07) is 12.4. The van der Waals surface area contributed by atoms with Crippen molar-refractivity contribution in [3.05, 3.63) is 81.8 Å². The lowest BCUT2D eigenvalue weighted by molar-refractivity contribution is -0.136. The van der Waals surface area contributed by atoms with Gasteiger partial charge in [-0.2, -0.15) is 0 Å². The maximum absolute atomic E-state index is 13.2. The number of hydrogen-bond donors (Lipinski definition) is 0. The SMILES string of the molecule is COC(=O)C1=C(C)N(c2ccc(F)cc2)C(=O)/C1=C\c1ccc(Cl)cc1. The van der Waals surface area contributed by atoms with E-state index in [2.05, 4.69) is 0 Å². The third-order valence-electron chi connectivity index (χ3n) is 4.06. The first-order valence-electron chi connectivity index (χ1n) is 7.79. The fraction of sp³-hybridized carbons (Fsp3) is 0.100. The van der Waals surface area contributed by atoms with Gasteiger partial charge in [0.15, 0.2) is 0 Å². The molecule has 0 N–H and O–H groups in total. The molecule has 2 aromatic carbocycles. The lowest BCUT2D eigenvalue weighted by Crippen LogP contribution is -2.24. The molecule has 0 bridgehead atoms. The van der Waals surface area contributed by atoms with Gasteiger partial charge in [-0.3, -0.25) is 9.69 Å². The number of anilines is 1. The summed E-state index contributed by atoms with van der Waals surface area (Å²) in [5.41, 5.74) is 1.99. The molecule has 0 aliphatic carbocycles. The van der Waals surface area contributed by atoms with Gasteiger partial charge in [-0.25, -0.2) is 9.18 Å². The minimum Gasteiger partial charge on any atom is -0.465 e. The summed E-state index contributed by atoms with van der Waals surface area (Å²) in [6.07, 6.45) is 1.61. The van der Waals surface area contributed by atoms with Crippen molar-refractivity contribution in [1.29, 1.82) is 0 Å². The molecule has 2 aromatic rings. The van der Waals surface area contributed by atoms with Crippen molar-refractivity contribution in [2.24, 2.45) is 0 Å². The molecule has 0 atom stereocenters. The topological polar surface area (TPSA) is 46.6 Å². The fourth-order valence-electron chi connectivity index (χ4n) is 2.81. The predicted octanol–water partition coefficient (Wildman–Crippen LogP) is 4.36. The molecule has 6 heteroatoms. The molecule has 0 fully saturated rings. The van der Waals surface area contributed by atoms with E-state index in [4.69, 9.17) is 16.3 Å². The van der Waals surface area contributed by atoms with Gasteiger partial charge in [0.1, 0.15) is 5.82 Å². The average molecular weight is 372 g/mol. The summed E-state index contributed by atoms with van der Waals surface area (Å²) in [5, 5.41) is 0.567. The number of esters is 1. The lowest BCUT2D eigenvalue weighted by atomic mass is 10.0. The predicted molar refractivity (Wildman–Crippen MR) is 98.0 cm³/mol. The molecular formula is C20H15ClFNO3. The highest BCUT2D eigenvalue weighted by Crippen LogP contribution is 2.35. The monoisotopic (exact) mass is 371 g/mol. The molecule has 0 saturated heterocycles. The number of carbonyl (C=O) groups excluding carboxylic acids is 2. The van der Waals surface area contributed by atoms with Gasteiger partial charge in [-0.1, -0.05) is 23.7 Å². The van der Waals surface area contributed by atoms with Crippen molar-refractivity contribution >= 4 is 35.2 Å². The zero-order valence-electron chi connectivity index (χ0n) is 14.1. The quantitative estimate of drug-likeness (QED) is 0.595. The standard InChI is InChI=1S/C20H15ClFNO3/c1-12-18(20(25)26-2)17(11-13-3-5-14(21)6-4-13)19(24)23(12)16-9-7-15(22)8-10-16/h3-11H,1-2H3/b17-11-. The van der Waals surface area contributed by atoms with Crippen molar-refractivity contribution in [3.8, 4) is 0 Å². The number of carbonyl (C=O) groups is 2.